The van der Waals surface area contributed by atoms with Gasteiger partial charge in [0.2, 0.25) is 11.6 Å². The Morgan fingerprint density at radius 3 is 2.41 bits per heavy atom. The maximum absolute atomic E-state index is 13.6. The predicted molar refractivity (Wildman–Crippen MR) is 126 cm³/mol. The Bertz CT molecular complexity index is 1310. The molecular formula is C26H25N4O4+. The first-order chi connectivity index (χ1) is 16.5. The van der Waals surface area contributed by atoms with Gasteiger partial charge >= 0.3 is 11.8 Å². The van der Waals surface area contributed by atoms with Crippen LogP contribution in [0.4, 0.5) is 17.1 Å². The number of nitrogens with two attached hydrogens (primary N) is 1. The van der Waals surface area contributed by atoms with E-state index in [9.17, 15) is 14.4 Å². The zero-order valence-corrected chi connectivity index (χ0v) is 18.8. The van der Waals surface area contributed by atoms with Crippen LogP contribution in [0.15, 0.2) is 53.7 Å². The van der Waals surface area contributed by atoms with Gasteiger partial charge in [-0.15, -0.1) is 4.58 Å². The number of hydrogen-bond acceptors (Lipinski definition) is 4. The summed E-state index contributed by atoms with van der Waals surface area (Å²) in [5, 5.41) is 0. The molecular weight excluding hydrogens is 432 g/mol. The number of carbonyl (C=O) groups excluding carboxylic acids is 3. The van der Waals surface area contributed by atoms with Crippen LogP contribution in [-0.4, -0.2) is 47.7 Å². The van der Waals surface area contributed by atoms with Crippen molar-refractivity contribution < 1.29 is 23.7 Å². The summed E-state index contributed by atoms with van der Waals surface area (Å²) in [7, 11) is 0. The van der Waals surface area contributed by atoms with Crippen molar-refractivity contribution in [3.8, 4) is 5.75 Å². The number of amides is 3. The second-order valence-electron chi connectivity index (χ2n) is 8.99. The molecule has 2 N–H and O–H groups in total. The fraction of sp³-hybridized carbons (Fsp3) is 0.308. The molecule has 0 unspecified atom stereocenters. The van der Waals surface area contributed by atoms with Crippen molar-refractivity contribution in [3.63, 3.8) is 0 Å². The lowest BCUT2D eigenvalue weighted by Crippen LogP contribution is -2.52. The van der Waals surface area contributed by atoms with E-state index in [2.05, 4.69) is 0 Å². The van der Waals surface area contributed by atoms with Crippen molar-refractivity contribution in [1.82, 2.24) is 0 Å². The molecule has 2 saturated heterocycles. The first-order valence-corrected chi connectivity index (χ1v) is 11.7. The molecule has 2 aromatic carbocycles. The molecule has 4 aliphatic rings. The van der Waals surface area contributed by atoms with Gasteiger partial charge in [-0.3, -0.25) is 14.4 Å². The summed E-state index contributed by atoms with van der Waals surface area (Å²) >= 11 is 0. The number of carbonyl (C=O) groups is 3. The molecule has 0 radical (unpaired) electrons. The van der Waals surface area contributed by atoms with E-state index in [-0.39, 0.29) is 11.8 Å². The molecule has 0 spiro atoms. The zero-order valence-electron chi connectivity index (χ0n) is 18.8. The van der Waals surface area contributed by atoms with Crippen LogP contribution in [0.2, 0.25) is 0 Å². The molecule has 4 heterocycles. The Morgan fingerprint density at radius 2 is 1.68 bits per heavy atom. The van der Waals surface area contributed by atoms with Gasteiger partial charge in [-0.05, 0) is 43.2 Å². The van der Waals surface area contributed by atoms with Gasteiger partial charge < -0.3 is 20.3 Å². The highest BCUT2D eigenvalue weighted by Crippen LogP contribution is 2.38. The van der Waals surface area contributed by atoms with Crippen LogP contribution in [-0.2, 0) is 20.8 Å². The Morgan fingerprint density at radius 1 is 0.912 bits per heavy atom. The minimum atomic E-state index is -0.535. The summed E-state index contributed by atoms with van der Waals surface area (Å²) < 4.78 is 7.28. The lowest BCUT2D eigenvalue weighted by molar-refractivity contribution is -0.392. The maximum Gasteiger partial charge on any atom is 0.324 e. The number of fused-ring (bicyclic) bond motifs is 2. The van der Waals surface area contributed by atoms with Gasteiger partial charge in [-0.2, -0.15) is 0 Å². The second kappa shape index (κ2) is 7.83. The number of primary amides is 1. The van der Waals surface area contributed by atoms with E-state index in [1.165, 1.54) is 0 Å². The second-order valence-corrected chi connectivity index (χ2v) is 8.99. The highest BCUT2D eigenvalue weighted by atomic mass is 16.5. The van der Waals surface area contributed by atoms with Gasteiger partial charge in [0.25, 0.3) is 11.4 Å². The lowest BCUT2D eigenvalue weighted by atomic mass is 9.90. The van der Waals surface area contributed by atoms with Crippen LogP contribution < -0.4 is 20.3 Å². The van der Waals surface area contributed by atoms with Crippen LogP contribution >= 0.6 is 0 Å². The minimum absolute atomic E-state index is 0.141. The quantitative estimate of drug-likeness (QED) is 0.714. The molecule has 34 heavy (non-hydrogen) atoms. The van der Waals surface area contributed by atoms with Gasteiger partial charge in [-0.25, -0.2) is 0 Å². The molecule has 2 fully saturated rings. The summed E-state index contributed by atoms with van der Waals surface area (Å²) in [6, 6.07) is 13.3. The van der Waals surface area contributed by atoms with E-state index < -0.39 is 5.91 Å². The zero-order chi connectivity index (χ0) is 23.4. The van der Waals surface area contributed by atoms with Gasteiger partial charge in [0.1, 0.15) is 11.3 Å². The summed E-state index contributed by atoms with van der Waals surface area (Å²) in [5.74, 6) is 0.280. The highest BCUT2D eigenvalue weighted by molar-refractivity contribution is 6.50. The number of rotatable bonds is 4. The fourth-order valence-electron chi connectivity index (χ4n) is 5.32. The minimum Gasteiger partial charge on any atom is -0.493 e. The third kappa shape index (κ3) is 3.13. The van der Waals surface area contributed by atoms with Crippen molar-refractivity contribution in [3.05, 3.63) is 59.3 Å². The van der Waals surface area contributed by atoms with Gasteiger partial charge in [0, 0.05) is 61.4 Å². The largest absolute Gasteiger partial charge is 0.493 e. The molecule has 0 atom stereocenters. The summed E-state index contributed by atoms with van der Waals surface area (Å²) in [6.07, 6.45) is 3.85. The first-order valence-electron chi connectivity index (χ1n) is 11.7. The van der Waals surface area contributed by atoms with Crippen molar-refractivity contribution >= 4 is 40.5 Å². The molecule has 6 rings (SSSR count). The number of ether oxygens (including phenoxy) is 1. The molecule has 8 heteroatoms. The number of anilines is 2. The van der Waals surface area contributed by atoms with E-state index in [1.807, 2.05) is 47.4 Å². The number of hydrogen-bond donors (Lipinski definition) is 1. The van der Waals surface area contributed by atoms with E-state index >= 15 is 0 Å². The van der Waals surface area contributed by atoms with Crippen LogP contribution in [0.25, 0.3) is 0 Å². The third-order valence-corrected chi connectivity index (χ3v) is 7.01. The molecule has 4 aliphatic heterocycles. The van der Waals surface area contributed by atoms with Crippen molar-refractivity contribution in [2.45, 2.75) is 32.1 Å². The average molecular weight is 458 g/mol. The SMILES string of the molecule is NC(=O)C1=C2CCN(c3ccc(N4CCCCC4=O)cc3)C(=O)C2=[N+]1c1ccc2c(c1)CCO2. The standard InChI is InChI=1S/C26H24N4O4/c27-25(32)23-20-10-13-29(18-6-4-17(5-7-18)28-12-2-1-3-22(28)31)26(33)24(20)30(23)19-8-9-21-16(15-19)11-14-34-21/h4-9,15H,1-3,10-14H2,(H-,27,32)/p+1. The summed E-state index contributed by atoms with van der Waals surface area (Å²) in [4.78, 5) is 41.6. The van der Waals surface area contributed by atoms with E-state index in [1.54, 1.807) is 9.48 Å². The number of nitrogens with zero attached hydrogens (tertiary/aromatic N) is 3. The lowest BCUT2D eigenvalue weighted by Gasteiger charge is -2.32. The van der Waals surface area contributed by atoms with Gasteiger partial charge in [0.15, 0.2) is 0 Å². The molecule has 0 aliphatic carbocycles. The molecule has 8 nitrogen and oxygen atoms in total. The Labute approximate surface area is 196 Å². The van der Waals surface area contributed by atoms with Crippen LogP contribution in [0.1, 0.15) is 31.2 Å². The maximum atomic E-state index is 13.6. The molecule has 0 aromatic heterocycles. The predicted octanol–water partition coefficient (Wildman–Crippen LogP) is 2.41. The Balaban J connectivity index is 1.32. The van der Waals surface area contributed by atoms with Crippen LogP contribution in [0.3, 0.4) is 0 Å². The number of benzene rings is 2. The Hall–Kier alpha value is -3.94. The molecule has 2 aromatic rings. The molecule has 0 bridgehead atoms. The third-order valence-electron chi connectivity index (χ3n) is 7.01. The Kier molecular flexibility index (Phi) is 4.76. The first kappa shape index (κ1) is 20.7. The highest BCUT2D eigenvalue weighted by Gasteiger charge is 2.51. The van der Waals surface area contributed by atoms with E-state index in [0.29, 0.717) is 37.4 Å². The van der Waals surface area contributed by atoms with Crippen molar-refractivity contribution in [2.24, 2.45) is 5.73 Å². The normalized spacial score (nSPS) is 19.6. The van der Waals surface area contributed by atoms with Crippen LogP contribution in [0, 0.1) is 0 Å². The fourth-order valence-corrected chi connectivity index (χ4v) is 5.32. The monoisotopic (exact) mass is 457 g/mol. The molecule has 3 amide bonds. The van der Waals surface area contributed by atoms with Crippen molar-refractivity contribution in [1.29, 1.82) is 0 Å². The van der Waals surface area contributed by atoms with E-state index in [4.69, 9.17) is 10.5 Å². The van der Waals surface area contributed by atoms with Crippen molar-refractivity contribution in [2.75, 3.05) is 29.5 Å². The molecule has 172 valence electrons. The topological polar surface area (TPSA) is 96.0 Å². The van der Waals surface area contributed by atoms with Crippen LogP contribution in [0.5, 0.6) is 5.75 Å². The van der Waals surface area contributed by atoms with Gasteiger partial charge in [0.05, 0.1) is 6.61 Å². The molecule has 0 saturated carbocycles. The van der Waals surface area contributed by atoms with E-state index in [0.717, 1.165) is 59.8 Å². The smallest absolute Gasteiger partial charge is 0.324 e. The summed E-state index contributed by atoms with van der Waals surface area (Å²) in [6.45, 7) is 1.82. The number of piperidine rings is 2. The summed E-state index contributed by atoms with van der Waals surface area (Å²) in [5.41, 5.74) is 10.7. The van der Waals surface area contributed by atoms with Gasteiger partial charge in [-0.1, -0.05) is 0 Å². The average Bonchev–Trinajstić information content (AvgIpc) is 3.28.